The molecule has 0 saturated heterocycles. The number of carbonyl (C=O) groups excluding carboxylic acids is 1. The Morgan fingerprint density at radius 3 is 2.72 bits per heavy atom. The van der Waals surface area contributed by atoms with E-state index in [0.29, 0.717) is 6.04 Å². The lowest BCUT2D eigenvalue weighted by Crippen LogP contribution is -2.54. The van der Waals surface area contributed by atoms with Crippen molar-refractivity contribution in [2.45, 2.75) is 51.1 Å². The molecule has 18 heavy (non-hydrogen) atoms. The summed E-state index contributed by atoms with van der Waals surface area (Å²) < 4.78 is 0. The number of nitrogens with one attached hydrogen (secondary N) is 1. The Hall–Kier alpha value is -0.610. The molecule has 4 heteroatoms. The van der Waals surface area contributed by atoms with Gasteiger partial charge in [-0.2, -0.15) is 0 Å². The van der Waals surface area contributed by atoms with Gasteiger partial charge in [-0.15, -0.1) is 0 Å². The smallest absolute Gasteiger partial charge is 0.237 e. The summed E-state index contributed by atoms with van der Waals surface area (Å²) in [6, 6.07) is 0.504. The van der Waals surface area contributed by atoms with Crippen LogP contribution in [0.3, 0.4) is 0 Å². The number of hydrogen-bond acceptors (Lipinski definition) is 3. The van der Waals surface area contributed by atoms with Gasteiger partial charge in [0, 0.05) is 12.6 Å². The van der Waals surface area contributed by atoms with Crippen molar-refractivity contribution in [1.82, 2.24) is 10.2 Å². The van der Waals surface area contributed by atoms with Crippen LogP contribution in [-0.2, 0) is 4.79 Å². The van der Waals surface area contributed by atoms with Gasteiger partial charge in [-0.3, -0.25) is 4.79 Å². The van der Waals surface area contributed by atoms with E-state index < -0.39 is 5.54 Å². The number of rotatable bonds is 6. The van der Waals surface area contributed by atoms with Crippen LogP contribution in [0.25, 0.3) is 0 Å². The largest absolute Gasteiger partial charge is 0.368 e. The summed E-state index contributed by atoms with van der Waals surface area (Å²) in [7, 11) is 2.19. The Bertz CT molecular complexity index is 320. The number of likely N-dealkylation sites (N-methyl/N-ethyl adjacent to an activating group) is 1. The van der Waals surface area contributed by atoms with Crippen molar-refractivity contribution >= 4 is 5.91 Å². The molecule has 2 aliphatic carbocycles. The summed E-state index contributed by atoms with van der Waals surface area (Å²) in [5.41, 5.74) is 5.14. The van der Waals surface area contributed by atoms with Gasteiger partial charge in [-0.25, -0.2) is 0 Å². The molecule has 0 radical (unpaired) electrons. The van der Waals surface area contributed by atoms with Gasteiger partial charge in [0.1, 0.15) is 0 Å². The molecule has 0 bridgehead atoms. The van der Waals surface area contributed by atoms with Gasteiger partial charge < -0.3 is 16.0 Å². The Morgan fingerprint density at radius 2 is 2.22 bits per heavy atom. The zero-order valence-electron chi connectivity index (χ0n) is 11.9. The molecular weight excluding hydrogens is 226 g/mol. The van der Waals surface area contributed by atoms with Crippen molar-refractivity contribution in [2.75, 3.05) is 20.1 Å². The molecule has 0 aromatic heterocycles. The molecule has 2 saturated carbocycles. The maximum atomic E-state index is 11.7. The molecule has 0 aromatic carbocycles. The summed E-state index contributed by atoms with van der Waals surface area (Å²) >= 11 is 0. The van der Waals surface area contributed by atoms with Gasteiger partial charge >= 0.3 is 0 Å². The molecular formula is C14H27N3O. The van der Waals surface area contributed by atoms with Crippen molar-refractivity contribution in [3.63, 3.8) is 0 Å². The first kappa shape index (κ1) is 13.8. The molecule has 2 fully saturated rings. The molecule has 3 N–H and O–H groups in total. The fraction of sp³-hybridized carbons (Fsp3) is 0.929. The van der Waals surface area contributed by atoms with Gasteiger partial charge in [0.2, 0.25) is 5.91 Å². The van der Waals surface area contributed by atoms with Crippen LogP contribution in [0.4, 0.5) is 0 Å². The maximum absolute atomic E-state index is 11.7. The number of nitrogens with two attached hydrogens (primary N) is 1. The van der Waals surface area contributed by atoms with Gasteiger partial charge in [-0.1, -0.05) is 13.8 Å². The second-order valence-electron chi connectivity index (χ2n) is 6.29. The Balaban J connectivity index is 1.91. The fourth-order valence-corrected chi connectivity index (χ4v) is 3.38. The van der Waals surface area contributed by atoms with E-state index in [-0.39, 0.29) is 5.91 Å². The van der Waals surface area contributed by atoms with Crippen molar-refractivity contribution < 1.29 is 4.79 Å². The van der Waals surface area contributed by atoms with E-state index in [4.69, 9.17) is 5.73 Å². The highest BCUT2D eigenvalue weighted by atomic mass is 16.1. The average Bonchev–Trinajstić information content (AvgIpc) is 2.83. The quantitative estimate of drug-likeness (QED) is 0.741. The molecule has 4 atom stereocenters. The van der Waals surface area contributed by atoms with Gasteiger partial charge in [0.15, 0.2) is 0 Å². The lowest BCUT2D eigenvalue weighted by molar-refractivity contribution is -0.124. The predicted octanol–water partition coefficient (Wildman–Crippen LogP) is 0.960. The standard InChI is InChI=1S/C14H27N3O/c1-4-16-14(13(15)18)6-5-12(8-14)17(3)9-11-7-10(11)2/h10-12,16H,4-9H2,1-3H3,(H2,15,18). The fourth-order valence-electron chi connectivity index (χ4n) is 3.38. The highest BCUT2D eigenvalue weighted by Crippen LogP contribution is 2.40. The molecule has 0 spiro atoms. The number of nitrogens with zero attached hydrogens (tertiary/aromatic N) is 1. The summed E-state index contributed by atoms with van der Waals surface area (Å²) in [4.78, 5) is 14.2. The van der Waals surface area contributed by atoms with E-state index in [9.17, 15) is 4.79 Å². The number of amides is 1. The van der Waals surface area contributed by atoms with Crippen LogP contribution in [0.2, 0.25) is 0 Å². The summed E-state index contributed by atoms with van der Waals surface area (Å²) in [5.74, 6) is 1.58. The summed E-state index contributed by atoms with van der Waals surface area (Å²) in [5, 5.41) is 3.32. The first-order valence-corrected chi connectivity index (χ1v) is 7.23. The number of primary amides is 1. The van der Waals surface area contributed by atoms with Crippen molar-refractivity contribution in [3.8, 4) is 0 Å². The molecule has 4 unspecified atom stereocenters. The second kappa shape index (κ2) is 5.17. The van der Waals surface area contributed by atoms with Gasteiger partial charge in [0.25, 0.3) is 0 Å². The third kappa shape index (κ3) is 2.69. The minimum absolute atomic E-state index is 0.181. The second-order valence-corrected chi connectivity index (χ2v) is 6.29. The maximum Gasteiger partial charge on any atom is 0.237 e. The van der Waals surface area contributed by atoms with E-state index in [0.717, 1.165) is 37.6 Å². The highest BCUT2D eigenvalue weighted by Gasteiger charge is 2.45. The van der Waals surface area contributed by atoms with Crippen molar-refractivity contribution in [1.29, 1.82) is 0 Å². The molecule has 2 aliphatic rings. The third-order valence-corrected chi connectivity index (χ3v) is 4.90. The van der Waals surface area contributed by atoms with E-state index in [1.807, 2.05) is 6.92 Å². The lowest BCUT2D eigenvalue weighted by Gasteiger charge is -2.29. The van der Waals surface area contributed by atoms with Crippen LogP contribution < -0.4 is 11.1 Å². The minimum atomic E-state index is -0.456. The topological polar surface area (TPSA) is 58.4 Å². The van der Waals surface area contributed by atoms with E-state index in [1.54, 1.807) is 0 Å². The highest BCUT2D eigenvalue weighted by molar-refractivity contribution is 5.85. The summed E-state index contributed by atoms with van der Waals surface area (Å²) in [6.45, 7) is 6.33. The Morgan fingerprint density at radius 1 is 1.56 bits per heavy atom. The molecule has 1 amide bonds. The van der Waals surface area contributed by atoms with Crippen molar-refractivity contribution in [3.05, 3.63) is 0 Å². The molecule has 0 aliphatic heterocycles. The lowest BCUT2D eigenvalue weighted by atomic mass is 9.96. The van der Waals surface area contributed by atoms with E-state index in [1.165, 1.54) is 13.0 Å². The predicted molar refractivity (Wildman–Crippen MR) is 73.1 cm³/mol. The van der Waals surface area contributed by atoms with Crippen LogP contribution in [-0.4, -0.2) is 42.5 Å². The normalized spacial score (nSPS) is 39.2. The Labute approximate surface area is 110 Å². The third-order valence-electron chi connectivity index (χ3n) is 4.90. The molecule has 0 heterocycles. The molecule has 2 rings (SSSR count). The van der Waals surface area contributed by atoms with E-state index in [2.05, 4.69) is 24.2 Å². The van der Waals surface area contributed by atoms with Gasteiger partial charge in [0.05, 0.1) is 5.54 Å². The van der Waals surface area contributed by atoms with Crippen LogP contribution in [0.1, 0.15) is 39.5 Å². The van der Waals surface area contributed by atoms with Gasteiger partial charge in [-0.05, 0) is 51.1 Å². The zero-order chi connectivity index (χ0) is 13.3. The first-order chi connectivity index (χ1) is 8.48. The minimum Gasteiger partial charge on any atom is -0.368 e. The zero-order valence-corrected chi connectivity index (χ0v) is 11.9. The number of carbonyl (C=O) groups is 1. The van der Waals surface area contributed by atoms with Crippen LogP contribution in [0, 0.1) is 11.8 Å². The van der Waals surface area contributed by atoms with E-state index >= 15 is 0 Å². The SMILES string of the molecule is CCNC1(C(N)=O)CCC(N(C)CC2CC2C)C1. The average molecular weight is 253 g/mol. The van der Waals surface area contributed by atoms with Crippen molar-refractivity contribution in [2.24, 2.45) is 17.6 Å². The van der Waals surface area contributed by atoms with Crippen LogP contribution >= 0.6 is 0 Å². The first-order valence-electron chi connectivity index (χ1n) is 7.23. The molecule has 104 valence electrons. The monoisotopic (exact) mass is 253 g/mol. The summed E-state index contributed by atoms with van der Waals surface area (Å²) in [6.07, 6.45) is 4.19. The molecule has 0 aromatic rings. The Kier molecular flexibility index (Phi) is 3.97. The molecule has 4 nitrogen and oxygen atoms in total. The van der Waals surface area contributed by atoms with Crippen LogP contribution in [0.5, 0.6) is 0 Å². The van der Waals surface area contributed by atoms with Crippen LogP contribution in [0.15, 0.2) is 0 Å². The number of hydrogen-bond donors (Lipinski definition) is 2.